The van der Waals surface area contributed by atoms with Gasteiger partial charge in [0.25, 0.3) is 5.91 Å². The van der Waals surface area contributed by atoms with Crippen LogP contribution in [-0.4, -0.2) is 17.8 Å². The maximum absolute atomic E-state index is 12.2. The van der Waals surface area contributed by atoms with E-state index in [2.05, 4.69) is 5.32 Å². The van der Waals surface area contributed by atoms with Crippen molar-refractivity contribution in [2.75, 3.05) is 5.88 Å². The molecule has 0 bridgehead atoms. The van der Waals surface area contributed by atoms with Crippen molar-refractivity contribution in [3.8, 4) is 0 Å². The van der Waals surface area contributed by atoms with E-state index in [1.165, 1.54) is 5.56 Å². The van der Waals surface area contributed by atoms with Crippen LogP contribution < -0.4 is 5.32 Å². The molecule has 0 fully saturated rings. The second-order valence-corrected chi connectivity index (χ2v) is 5.36. The fourth-order valence-corrected chi connectivity index (χ4v) is 2.44. The van der Waals surface area contributed by atoms with Gasteiger partial charge >= 0.3 is 0 Å². The Labute approximate surface area is 115 Å². The van der Waals surface area contributed by atoms with Crippen molar-refractivity contribution in [3.05, 3.63) is 34.4 Å². The Morgan fingerprint density at radius 1 is 1.28 bits per heavy atom. The molecule has 1 rings (SSSR count). The SMILES string of the molecule is Cc1cc(C)c(C(=O)NC(C)CCCCl)c(C)c1. The van der Waals surface area contributed by atoms with Gasteiger partial charge in [-0.2, -0.15) is 0 Å². The third-order valence-electron chi connectivity index (χ3n) is 3.05. The van der Waals surface area contributed by atoms with Gasteiger partial charge in [0, 0.05) is 17.5 Å². The zero-order valence-electron chi connectivity index (χ0n) is 11.6. The quantitative estimate of drug-likeness (QED) is 0.809. The number of carbonyl (C=O) groups excluding carboxylic acids is 1. The second kappa shape index (κ2) is 6.79. The summed E-state index contributed by atoms with van der Waals surface area (Å²) in [5.41, 5.74) is 4.07. The molecule has 18 heavy (non-hydrogen) atoms. The molecule has 0 saturated heterocycles. The summed E-state index contributed by atoms with van der Waals surface area (Å²) in [7, 11) is 0. The van der Waals surface area contributed by atoms with Crippen molar-refractivity contribution < 1.29 is 4.79 Å². The van der Waals surface area contributed by atoms with Crippen molar-refractivity contribution in [2.24, 2.45) is 0 Å². The number of alkyl halides is 1. The van der Waals surface area contributed by atoms with Gasteiger partial charge in [-0.25, -0.2) is 0 Å². The molecule has 0 spiro atoms. The van der Waals surface area contributed by atoms with Crippen LogP contribution in [0, 0.1) is 20.8 Å². The standard InChI is InChI=1S/C15H22ClNO/c1-10-8-11(2)14(12(3)9-10)15(18)17-13(4)6-5-7-16/h8-9,13H,5-7H2,1-4H3,(H,17,18). The minimum Gasteiger partial charge on any atom is -0.350 e. The Kier molecular flexibility index (Phi) is 5.67. The van der Waals surface area contributed by atoms with Crippen molar-refractivity contribution in [1.82, 2.24) is 5.32 Å². The predicted octanol–water partition coefficient (Wildman–Crippen LogP) is 3.75. The van der Waals surface area contributed by atoms with E-state index >= 15 is 0 Å². The Morgan fingerprint density at radius 3 is 2.33 bits per heavy atom. The lowest BCUT2D eigenvalue weighted by Crippen LogP contribution is -2.33. The number of carbonyl (C=O) groups is 1. The zero-order valence-corrected chi connectivity index (χ0v) is 12.4. The highest BCUT2D eigenvalue weighted by Crippen LogP contribution is 2.16. The van der Waals surface area contributed by atoms with Gasteiger partial charge < -0.3 is 5.32 Å². The van der Waals surface area contributed by atoms with Gasteiger partial charge in [0.15, 0.2) is 0 Å². The Balaban J connectivity index is 2.78. The smallest absolute Gasteiger partial charge is 0.252 e. The van der Waals surface area contributed by atoms with Gasteiger partial charge in [-0.15, -0.1) is 11.6 Å². The van der Waals surface area contributed by atoms with E-state index < -0.39 is 0 Å². The normalized spacial score (nSPS) is 12.3. The summed E-state index contributed by atoms with van der Waals surface area (Å²) in [5.74, 6) is 0.662. The number of aryl methyl sites for hydroxylation is 3. The number of amides is 1. The maximum Gasteiger partial charge on any atom is 0.252 e. The third kappa shape index (κ3) is 4.02. The Hall–Kier alpha value is -1.02. The average Bonchev–Trinajstić information content (AvgIpc) is 2.24. The van der Waals surface area contributed by atoms with E-state index in [4.69, 9.17) is 11.6 Å². The lowest BCUT2D eigenvalue weighted by atomic mass is 9.99. The largest absolute Gasteiger partial charge is 0.350 e. The van der Waals surface area contributed by atoms with Gasteiger partial charge in [0.05, 0.1) is 0 Å². The van der Waals surface area contributed by atoms with Crippen LogP contribution >= 0.6 is 11.6 Å². The molecule has 1 N–H and O–H groups in total. The fourth-order valence-electron chi connectivity index (χ4n) is 2.29. The van der Waals surface area contributed by atoms with Crippen molar-refractivity contribution in [1.29, 1.82) is 0 Å². The van der Waals surface area contributed by atoms with Gasteiger partial charge in [0.1, 0.15) is 0 Å². The molecule has 1 amide bonds. The van der Waals surface area contributed by atoms with Crippen LogP contribution in [0.15, 0.2) is 12.1 Å². The first kappa shape index (κ1) is 15.0. The van der Waals surface area contributed by atoms with E-state index in [-0.39, 0.29) is 11.9 Å². The fraction of sp³-hybridized carbons (Fsp3) is 0.533. The number of hydrogen-bond acceptors (Lipinski definition) is 1. The summed E-state index contributed by atoms with van der Waals surface area (Å²) in [6, 6.07) is 4.26. The first-order valence-electron chi connectivity index (χ1n) is 6.40. The van der Waals surface area contributed by atoms with Crippen LogP contribution in [0.4, 0.5) is 0 Å². The highest BCUT2D eigenvalue weighted by molar-refractivity contribution is 6.17. The Morgan fingerprint density at radius 2 is 1.83 bits per heavy atom. The molecule has 2 nitrogen and oxygen atoms in total. The van der Waals surface area contributed by atoms with Crippen LogP contribution in [0.3, 0.4) is 0 Å². The average molecular weight is 268 g/mol. The van der Waals surface area contributed by atoms with Gasteiger partial charge in [0.2, 0.25) is 0 Å². The van der Waals surface area contributed by atoms with E-state index in [1.807, 2.05) is 39.8 Å². The lowest BCUT2D eigenvalue weighted by molar-refractivity contribution is 0.0937. The van der Waals surface area contributed by atoms with Gasteiger partial charge in [-0.3, -0.25) is 4.79 Å². The molecule has 0 aromatic heterocycles. The molecule has 3 heteroatoms. The summed E-state index contributed by atoms with van der Waals surface area (Å²) in [6.45, 7) is 8.03. The first-order valence-corrected chi connectivity index (χ1v) is 6.93. The van der Waals surface area contributed by atoms with Crippen molar-refractivity contribution in [3.63, 3.8) is 0 Å². The zero-order chi connectivity index (χ0) is 13.7. The molecule has 0 radical (unpaired) electrons. The van der Waals surface area contributed by atoms with Crippen LogP contribution in [0.2, 0.25) is 0 Å². The van der Waals surface area contributed by atoms with E-state index in [1.54, 1.807) is 0 Å². The van der Waals surface area contributed by atoms with E-state index in [9.17, 15) is 4.79 Å². The molecular weight excluding hydrogens is 246 g/mol. The summed E-state index contributed by atoms with van der Waals surface area (Å²) in [5, 5.41) is 3.03. The van der Waals surface area contributed by atoms with E-state index in [0.717, 1.165) is 29.5 Å². The molecule has 1 atom stereocenters. The number of benzene rings is 1. The number of nitrogens with one attached hydrogen (secondary N) is 1. The molecule has 1 aromatic rings. The molecule has 0 aliphatic carbocycles. The molecule has 1 aromatic carbocycles. The summed E-state index contributed by atoms with van der Waals surface area (Å²) < 4.78 is 0. The Bertz CT molecular complexity index is 405. The second-order valence-electron chi connectivity index (χ2n) is 4.98. The lowest BCUT2D eigenvalue weighted by Gasteiger charge is -2.16. The van der Waals surface area contributed by atoms with Crippen LogP contribution in [-0.2, 0) is 0 Å². The molecule has 0 aliphatic rings. The van der Waals surface area contributed by atoms with Gasteiger partial charge in [-0.05, 0) is 51.7 Å². The van der Waals surface area contributed by atoms with Crippen molar-refractivity contribution >= 4 is 17.5 Å². The molecule has 0 aliphatic heterocycles. The molecule has 0 heterocycles. The van der Waals surface area contributed by atoms with Crippen LogP contribution in [0.25, 0.3) is 0 Å². The van der Waals surface area contributed by atoms with Crippen LogP contribution in [0.5, 0.6) is 0 Å². The highest BCUT2D eigenvalue weighted by atomic mass is 35.5. The number of halogens is 1. The van der Waals surface area contributed by atoms with Crippen LogP contribution in [0.1, 0.15) is 46.8 Å². The topological polar surface area (TPSA) is 29.1 Å². The molecular formula is C15H22ClNO. The first-order chi connectivity index (χ1) is 8.45. The maximum atomic E-state index is 12.2. The van der Waals surface area contributed by atoms with Crippen molar-refractivity contribution in [2.45, 2.75) is 46.6 Å². The summed E-state index contributed by atoms with van der Waals surface area (Å²) in [4.78, 5) is 12.2. The summed E-state index contributed by atoms with van der Waals surface area (Å²) >= 11 is 5.65. The molecule has 100 valence electrons. The van der Waals surface area contributed by atoms with E-state index in [0.29, 0.717) is 5.88 Å². The molecule has 1 unspecified atom stereocenters. The summed E-state index contributed by atoms with van der Waals surface area (Å²) in [6.07, 6.45) is 1.84. The number of hydrogen-bond donors (Lipinski definition) is 1. The third-order valence-corrected chi connectivity index (χ3v) is 3.32. The minimum atomic E-state index is 0.0204. The highest BCUT2D eigenvalue weighted by Gasteiger charge is 2.14. The number of rotatable bonds is 5. The van der Waals surface area contributed by atoms with Gasteiger partial charge in [-0.1, -0.05) is 17.7 Å². The monoisotopic (exact) mass is 267 g/mol. The minimum absolute atomic E-state index is 0.0204. The predicted molar refractivity (Wildman–Crippen MR) is 77.5 cm³/mol. The molecule has 0 saturated carbocycles.